The molecule has 5 nitrogen and oxygen atoms in total. The summed E-state index contributed by atoms with van der Waals surface area (Å²) >= 11 is 0. The number of hydrogen-bond acceptors (Lipinski definition) is 4. The number of aromatic nitrogens is 1. The second-order valence-corrected chi connectivity index (χ2v) is 5.51. The largest absolute Gasteiger partial charge is 0.396 e. The molecular weight excluding hydrogens is 266 g/mol. The topological polar surface area (TPSA) is 65.5 Å². The van der Waals surface area contributed by atoms with E-state index >= 15 is 0 Å². The Bertz CT molecular complexity index is 463. The van der Waals surface area contributed by atoms with Gasteiger partial charge in [-0.2, -0.15) is 0 Å². The predicted molar refractivity (Wildman–Crippen MR) is 83.4 cm³/mol. The van der Waals surface area contributed by atoms with Gasteiger partial charge in [-0.1, -0.05) is 6.92 Å². The van der Waals surface area contributed by atoms with Crippen LogP contribution in [0.1, 0.15) is 49.4 Å². The molecule has 2 rings (SSSR count). The first-order valence-electron chi connectivity index (χ1n) is 7.87. The summed E-state index contributed by atoms with van der Waals surface area (Å²) in [6, 6.07) is 1.94. The summed E-state index contributed by atoms with van der Waals surface area (Å²) in [5.74, 6) is 0.0501. The molecule has 1 aromatic heterocycles. The van der Waals surface area contributed by atoms with E-state index in [1.807, 2.05) is 4.90 Å². The molecule has 1 aliphatic heterocycles. The number of amides is 1. The molecule has 0 aliphatic carbocycles. The second-order valence-electron chi connectivity index (χ2n) is 5.51. The number of likely N-dealkylation sites (tertiary alicyclic amines) is 1. The third kappa shape index (κ3) is 3.94. The van der Waals surface area contributed by atoms with Crippen molar-refractivity contribution in [1.82, 2.24) is 9.88 Å². The zero-order chi connectivity index (χ0) is 15.1. The first kappa shape index (κ1) is 15.8. The van der Waals surface area contributed by atoms with E-state index in [4.69, 9.17) is 0 Å². The van der Waals surface area contributed by atoms with Gasteiger partial charge in [-0.25, -0.2) is 0 Å². The van der Waals surface area contributed by atoms with Crippen molar-refractivity contribution in [2.24, 2.45) is 0 Å². The van der Waals surface area contributed by atoms with E-state index in [1.165, 1.54) is 0 Å². The van der Waals surface area contributed by atoms with Crippen LogP contribution in [0.15, 0.2) is 18.5 Å². The van der Waals surface area contributed by atoms with Crippen LogP contribution >= 0.6 is 0 Å². The van der Waals surface area contributed by atoms with Gasteiger partial charge < -0.3 is 15.3 Å². The van der Waals surface area contributed by atoms with Gasteiger partial charge in [-0.3, -0.25) is 9.78 Å². The Kier molecular flexibility index (Phi) is 5.99. The number of aliphatic hydroxyl groups excluding tert-OH is 1. The van der Waals surface area contributed by atoms with Gasteiger partial charge in [0.05, 0.1) is 17.4 Å². The van der Waals surface area contributed by atoms with Gasteiger partial charge in [-0.05, 0) is 38.2 Å². The summed E-state index contributed by atoms with van der Waals surface area (Å²) in [7, 11) is 0. The van der Waals surface area contributed by atoms with Crippen molar-refractivity contribution >= 4 is 11.6 Å². The fourth-order valence-electron chi connectivity index (χ4n) is 2.85. The molecule has 0 radical (unpaired) electrons. The molecule has 1 fully saturated rings. The lowest BCUT2D eigenvalue weighted by Crippen LogP contribution is -2.44. The quantitative estimate of drug-likeness (QED) is 0.844. The number of carbonyl (C=O) groups is 1. The fourth-order valence-corrected chi connectivity index (χ4v) is 2.85. The van der Waals surface area contributed by atoms with E-state index in [9.17, 15) is 9.90 Å². The smallest absolute Gasteiger partial charge is 0.256 e. The van der Waals surface area contributed by atoms with Gasteiger partial charge in [0, 0.05) is 31.9 Å². The van der Waals surface area contributed by atoms with Crippen LogP contribution < -0.4 is 5.32 Å². The van der Waals surface area contributed by atoms with E-state index in [-0.39, 0.29) is 18.6 Å². The summed E-state index contributed by atoms with van der Waals surface area (Å²) in [5, 5.41) is 12.5. The minimum atomic E-state index is 0.0501. The molecule has 1 atom stereocenters. The molecular formula is C16H25N3O2. The van der Waals surface area contributed by atoms with E-state index in [0.29, 0.717) is 12.0 Å². The van der Waals surface area contributed by atoms with E-state index < -0.39 is 0 Å². The molecule has 2 N–H and O–H groups in total. The van der Waals surface area contributed by atoms with E-state index in [2.05, 4.69) is 17.2 Å². The molecule has 1 aliphatic rings. The number of anilines is 1. The summed E-state index contributed by atoms with van der Waals surface area (Å²) in [4.78, 5) is 18.9. The second kappa shape index (κ2) is 7.98. The number of hydrogen-bond donors (Lipinski definition) is 2. The number of carbonyl (C=O) groups excluding carboxylic acids is 1. The highest BCUT2D eigenvalue weighted by atomic mass is 16.3. The summed E-state index contributed by atoms with van der Waals surface area (Å²) in [6.45, 7) is 3.82. The van der Waals surface area contributed by atoms with Crippen LogP contribution in [-0.2, 0) is 0 Å². The maximum absolute atomic E-state index is 12.8. The van der Waals surface area contributed by atoms with Gasteiger partial charge in [-0.15, -0.1) is 0 Å². The molecule has 0 bridgehead atoms. The highest BCUT2D eigenvalue weighted by Gasteiger charge is 2.28. The highest BCUT2D eigenvalue weighted by molar-refractivity contribution is 5.99. The standard InChI is InChI=1S/C16H25N3O2/c1-2-8-18-15-12-17-9-6-14(15)16(21)19-10-4-3-5-13(19)7-11-20/h6,9,12-13,18,20H,2-5,7-8,10-11H2,1H3. The van der Waals surface area contributed by atoms with Crippen LogP contribution in [0.4, 0.5) is 5.69 Å². The highest BCUT2D eigenvalue weighted by Crippen LogP contribution is 2.24. The minimum absolute atomic E-state index is 0.0501. The van der Waals surface area contributed by atoms with Crippen molar-refractivity contribution in [3.63, 3.8) is 0 Å². The van der Waals surface area contributed by atoms with Crippen LogP contribution in [0.3, 0.4) is 0 Å². The van der Waals surface area contributed by atoms with Gasteiger partial charge >= 0.3 is 0 Å². The van der Waals surface area contributed by atoms with E-state index in [1.54, 1.807) is 18.5 Å². The molecule has 1 amide bonds. The SMILES string of the molecule is CCCNc1cnccc1C(=O)N1CCCCC1CCO. The molecule has 0 aromatic carbocycles. The molecule has 1 aromatic rings. The third-order valence-electron chi connectivity index (χ3n) is 3.97. The lowest BCUT2D eigenvalue weighted by Gasteiger charge is -2.36. The number of piperidine rings is 1. The molecule has 0 saturated carbocycles. The van der Waals surface area contributed by atoms with Crippen LogP contribution in [0.2, 0.25) is 0 Å². The lowest BCUT2D eigenvalue weighted by atomic mass is 9.98. The fraction of sp³-hybridized carbons (Fsp3) is 0.625. The summed E-state index contributed by atoms with van der Waals surface area (Å²) < 4.78 is 0. The Morgan fingerprint density at radius 2 is 2.38 bits per heavy atom. The number of aliphatic hydroxyl groups is 1. The predicted octanol–water partition coefficient (Wildman–Crippen LogP) is 2.28. The third-order valence-corrected chi connectivity index (χ3v) is 3.97. The van der Waals surface area contributed by atoms with Crippen LogP contribution in [-0.4, -0.2) is 46.6 Å². The monoisotopic (exact) mass is 291 g/mol. The minimum Gasteiger partial charge on any atom is -0.396 e. The molecule has 5 heteroatoms. The van der Waals surface area contributed by atoms with Gasteiger partial charge in [0.25, 0.3) is 5.91 Å². The Morgan fingerprint density at radius 1 is 1.52 bits per heavy atom. The van der Waals surface area contributed by atoms with Crippen molar-refractivity contribution in [2.45, 2.75) is 45.1 Å². The van der Waals surface area contributed by atoms with Crippen LogP contribution in [0, 0.1) is 0 Å². The molecule has 0 spiro atoms. The van der Waals surface area contributed by atoms with Crippen molar-refractivity contribution in [2.75, 3.05) is 25.0 Å². The average molecular weight is 291 g/mol. The molecule has 21 heavy (non-hydrogen) atoms. The van der Waals surface area contributed by atoms with Gasteiger partial charge in [0.15, 0.2) is 0 Å². The van der Waals surface area contributed by atoms with Crippen LogP contribution in [0.25, 0.3) is 0 Å². The maximum Gasteiger partial charge on any atom is 0.256 e. The zero-order valence-electron chi connectivity index (χ0n) is 12.7. The van der Waals surface area contributed by atoms with Gasteiger partial charge in [0.1, 0.15) is 0 Å². The molecule has 116 valence electrons. The number of nitrogens with zero attached hydrogens (tertiary/aromatic N) is 2. The number of pyridine rings is 1. The maximum atomic E-state index is 12.8. The average Bonchev–Trinajstić information content (AvgIpc) is 2.53. The summed E-state index contributed by atoms with van der Waals surface area (Å²) in [6.07, 6.45) is 8.19. The number of nitrogens with one attached hydrogen (secondary N) is 1. The molecule has 1 saturated heterocycles. The first-order valence-corrected chi connectivity index (χ1v) is 7.87. The Balaban J connectivity index is 2.17. The summed E-state index contributed by atoms with van der Waals surface area (Å²) in [5.41, 5.74) is 1.49. The van der Waals surface area contributed by atoms with Crippen molar-refractivity contribution in [1.29, 1.82) is 0 Å². The Labute approximate surface area is 126 Å². The molecule has 2 heterocycles. The van der Waals surface area contributed by atoms with Crippen LogP contribution in [0.5, 0.6) is 0 Å². The van der Waals surface area contributed by atoms with Crippen molar-refractivity contribution in [3.8, 4) is 0 Å². The van der Waals surface area contributed by atoms with Crippen molar-refractivity contribution in [3.05, 3.63) is 24.0 Å². The normalized spacial score (nSPS) is 18.6. The lowest BCUT2D eigenvalue weighted by molar-refractivity contribution is 0.0575. The Morgan fingerprint density at radius 3 is 3.14 bits per heavy atom. The zero-order valence-corrected chi connectivity index (χ0v) is 12.7. The Hall–Kier alpha value is -1.62. The van der Waals surface area contributed by atoms with E-state index in [0.717, 1.165) is 44.5 Å². The first-order chi connectivity index (χ1) is 10.3. The van der Waals surface area contributed by atoms with Crippen molar-refractivity contribution < 1.29 is 9.90 Å². The van der Waals surface area contributed by atoms with Gasteiger partial charge in [0.2, 0.25) is 0 Å². The number of rotatable bonds is 6. The molecule has 1 unspecified atom stereocenters.